The van der Waals surface area contributed by atoms with E-state index in [9.17, 15) is 0 Å². The lowest BCUT2D eigenvalue weighted by molar-refractivity contribution is 1.16. The molecule has 1 aromatic carbocycles. The van der Waals surface area contributed by atoms with Crippen molar-refractivity contribution >= 4 is 56.2 Å². The van der Waals surface area contributed by atoms with Gasteiger partial charge in [-0.15, -0.1) is 11.3 Å². The van der Waals surface area contributed by atoms with Crippen molar-refractivity contribution in [1.82, 2.24) is 4.98 Å². The van der Waals surface area contributed by atoms with Crippen LogP contribution in [-0.2, 0) is 6.54 Å². The molecule has 1 heterocycles. The van der Waals surface area contributed by atoms with E-state index in [1.165, 1.54) is 11.3 Å². The maximum Gasteiger partial charge on any atom is 0.183 e. The first kappa shape index (κ1) is 13.1. The van der Waals surface area contributed by atoms with E-state index >= 15 is 0 Å². The van der Waals surface area contributed by atoms with Crippen LogP contribution >= 0.6 is 50.5 Å². The fourth-order valence-electron chi connectivity index (χ4n) is 1.47. The van der Waals surface area contributed by atoms with Crippen LogP contribution in [0.5, 0.6) is 0 Å². The van der Waals surface area contributed by atoms with Crippen molar-refractivity contribution in [2.24, 2.45) is 0 Å². The molecular weight excluding hydrogens is 343 g/mol. The second kappa shape index (κ2) is 5.57. The molecule has 0 fully saturated rings. The van der Waals surface area contributed by atoms with E-state index in [-0.39, 0.29) is 0 Å². The van der Waals surface area contributed by atoms with Gasteiger partial charge in [0.25, 0.3) is 0 Å². The standard InChI is InChI=1S/C11H9BrCl2N2S/c1-6-2-7(13)3-9(12)10(6)15-4-8-5-16-11(14)17-8/h2-3,5,15H,4H2,1H3. The van der Waals surface area contributed by atoms with Crippen LogP contribution in [0, 0.1) is 6.92 Å². The third-order valence-electron chi connectivity index (χ3n) is 2.22. The summed E-state index contributed by atoms with van der Waals surface area (Å²) in [6, 6.07) is 3.80. The summed E-state index contributed by atoms with van der Waals surface area (Å²) < 4.78 is 1.52. The average Bonchev–Trinajstić information content (AvgIpc) is 2.62. The third-order valence-corrected chi connectivity index (χ3v) is 4.18. The molecule has 0 amide bonds. The molecular formula is C11H9BrCl2N2S. The number of nitrogens with zero attached hydrogens (tertiary/aromatic N) is 1. The molecule has 2 aromatic rings. The maximum absolute atomic E-state index is 5.96. The van der Waals surface area contributed by atoms with Crippen LogP contribution in [0.3, 0.4) is 0 Å². The van der Waals surface area contributed by atoms with E-state index < -0.39 is 0 Å². The Morgan fingerprint density at radius 3 is 2.76 bits per heavy atom. The molecule has 0 atom stereocenters. The number of aryl methyl sites for hydroxylation is 1. The number of aromatic nitrogens is 1. The molecule has 0 saturated carbocycles. The van der Waals surface area contributed by atoms with Gasteiger partial charge in [-0.1, -0.05) is 23.2 Å². The van der Waals surface area contributed by atoms with Gasteiger partial charge < -0.3 is 5.32 Å². The highest BCUT2D eigenvalue weighted by Crippen LogP contribution is 2.30. The highest BCUT2D eigenvalue weighted by atomic mass is 79.9. The fraction of sp³-hybridized carbons (Fsp3) is 0.182. The lowest BCUT2D eigenvalue weighted by Gasteiger charge is -2.11. The zero-order chi connectivity index (χ0) is 12.4. The Morgan fingerprint density at radius 2 is 2.18 bits per heavy atom. The van der Waals surface area contributed by atoms with Gasteiger partial charge >= 0.3 is 0 Å². The molecule has 0 bridgehead atoms. The van der Waals surface area contributed by atoms with Crippen LogP contribution in [0.15, 0.2) is 22.8 Å². The number of nitrogens with one attached hydrogen (secondary N) is 1. The van der Waals surface area contributed by atoms with E-state index in [2.05, 4.69) is 26.2 Å². The molecule has 17 heavy (non-hydrogen) atoms. The molecule has 6 heteroatoms. The van der Waals surface area contributed by atoms with Gasteiger partial charge in [0.2, 0.25) is 0 Å². The monoisotopic (exact) mass is 350 g/mol. The second-order valence-corrected chi connectivity index (χ2v) is 6.50. The molecule has 1 N–H and O–H groups in total. The van der Waals surface area contributed by atoms with Gasteiger partial charge in [0.1, 0.15) is 0 Å². The molecule has 2 rings (SSSR count). The van der Waals surface area contributed by atoms with Gasteiger partial charge in [0, 0.05) is 20.6 Å². The lowest BCUT2D eigenvalue weighted by Crippen LogP contribution is -2.00. The molecule has 0 saturated heterocycles. The fourth-order valence-corrected chi connectivity index (χ4v) is 3.49. The molecule has 0 unspecified atom stereocenters. The Hall–Kier alpha value is -0.290. The molecule has 0 spiro atoms. The minimum absolute atomic E-state index is 0.564. The number of thiazole rings is 1. The first-order valence-corrected chi connectivity index (χ1v) is 7.22. The SMILES string of the molecule is Cc1cc(Cl)cc(Br)c1NCc1cnc(Cl)s1. The van der Waals surface area contributed by atoms with Crippen LogP contribution in [0.4, 0.5) is 5.69 Å². The van der Waals surface area contributed by atoms with E-state index in [1.807, 2.05) is 19.1 Å². The summed E-state index contributed by atoms with van der Waals surface area (Å²) in [5, 5.41) is 4.07. The zero-order valence-corrected chi connectivity index (χ0v) is 12.8. The maximum atomic E-state index is 5.96. The summed E-state index contributed by atoms with van der Waals surface area (Å²) in [5.74, 6) is 0. The highest BCUT2D eigenvalue weighted by molar-refractivity contribution is 9.10. The normalized spacial score (nSPS) is 10.6. The number of hydrogen-bond acceptors (Lipinski definition) is 3. The molecule has 2 nitrogen and oxygen atoms in total. The van der Waals surface area contributed by atoms with Crippen molar-refractivity contribution in [2.45, 2.75) is 13.5 Å². The summed E-state index contributed by atoms with van der Waals surface area (Å²) in [6.07, 6.45) is 1.78. The van der Waals surface area contributed by atoms with Crippen molar-refractivity contribution in [3.8, 4) is 0 Å². The summed E-state index contributed by atoms with van der Waals surface area (Å²) >= 11 is 16.7. The number of benzene rings is 1. The Labute approximate surface area is 122 Å². The van der Waals surface area contributed by atoms with Gasteiger partial charge in [-0.2, -0.15) is 0 Å². The van der Waals surface area contributed by atoms with Crippen molar-refractivity contribution in [3.63, 3.8) is 0 Å². The van der Waals surface area contributed by atoms with Crippen molar-refractivity contribution in [2.75, 3.05) is 5.32 Å². The summed E-state index contributed by atoms with van der Waals surface area (Å²) in [6.45, 7) is 2.71. The highest BCUT2D eigenvalue weighted by Gasteiger charge is 2.06. The summed E-state index contributed by atoms with van der Waals surface area (Å²) in [4.78, 5) is 5.09. The van der Waals surface area contributed by atoms with Gasteiger partial charge in [-0.25, -0.2) is 4.98 Å². The number of hydrogen-bond donors (Lipinski definition) is 1. The number of halogens is 3. The largest absolute Gasteiger partial charge is 0.379 e. The predicted octanol–water partition coefficient (Wildman–Crippen LogP) is 5.13. The average molecular weight is 352 g/mol. The Kier molecular flexibility index (Phi) is 4.31. The second-order valence-electron chi connectivity index (χ2n) is 3.51. The Bertz CT molecular complexity index is 519. The third kappa shape index (κ3) is 3.35. The van der Waals surface area contributed by atoms with Crippen molar-refractivity contribution in [3.05, 3.63) is 42.7 Å². The van der Waals surface area contributed by atoms with Crippen LogP contribution < -0.4 is 5.32 Å². The van der Waals surface area contributed by atoms with Gasteiger partial charge in [0.15, 0.2) is 4.47 Å². The van der Waals surface area contributed by atoms with Gasteiger partial charge in [0.05, 0.1) is 12.2 Å². The van der Waals surface area contributed by atoms with E-state index in [4.69, 9.17) is 23.2 Å². The van der Waals surface area contributed by atoms with Crippen LogP contribution in [-0.4, -0.2) is 4.98 Å². The minimum atomic E-state index is 0.564. The topological polar surface area (TPSA) is 24.9 Å². The molecule has 0 aliphatic heterocycles. The van der Waals surface area contributed by atoms with Crippen LogP contribution in [0.2, 0.25) is 9.49 Å². The van der Waals surface area contributed by atoms with Gasteiger partial charge in [-0.3, -0.25) is 0 Å². The summed E-state index contributed by atoms with van der Waals surface area (Å²) in [7, 11) is 0. The first-order valence-electron chi connectivity index (χ1n) is 4.86. The van der Waals surface area contributed by atoms with E-state index in [0.29, 0.717) is 11.0 Å². The molecule has 0 aliphatic carbocycles. The zero-order valence-electron chi connectivity index (χ0n) is 8.93. The molecule has 1 aromatic heterocycles. The first-order chi connectivity index (χ1) is 8.06. The Balaban J connectivity index is 2.14. The smallest absolute Gasteiger partial charge is 0.183 e. The Morgan fingerprint density at radius 1 is 1.41 bits per heavy atom. The van der Waals surface area contributed by atoms with Gasteiger partial charge in [-0.05, 0) is 40.5 Å². The number of anilines is 1. The quantitative estimate of drug-likeness (QED) is 0.828. The van der Waals surface area contributed by atoms with Crippen LogP contribution in [0.1, 0.15) is 10.4 Å². The van der Waals surface area contributed by atoms with Crippen molar-refractivity contribution in [1.29, 1.82) is 0 Å². The summed E-state index contributed by atoms with van der Waals surface area (Å²) in [5.41, 5.74) is 2.14. The van der Waals surface area contributed by atoms with E-state index in [0.717, 1.165) is 25.6 Å². The molecule has 90 valence electrons. The lowest BCUT2D eigenvalue weighted by atomic mass is 10.2. The minimum Gasteiger partial charge on any atom is -0.379 e. The number of rotatable bonds is 3. The molecule has 0 radical (unpaired) electrons. The van der Waals surface area contributed by atoms with Crippen LogP contribution in [0.25, 0.3) is 0 Å². The van der Waals surface area contributed by atoms with E-state index in [1.54, 1.807) is 6.20 Å². The van der Waals surface area contributed by atoms with Crippen molar-refractivity contribution < 1.29 is 0 Å². The predicted molar refractivity (Wildman–Crippen MR) is 78.3 cm³/mol. The molecule has 0 aliphatic rings.